The molecule has 0 bridgehead atoms. The number of halogens is 2. The van der Waals surface area contributed by atoms with Gasteiger partial charge in [-0.3, -0.25) is 4.99 Å². The molecule has 0 aromatic heterocycles. The second kappa shape index (κ2) is 9.23. The second-order valence-electron chi connectivity index (χ2n) is 5.17. The standard InChI is InChI=1S/C15H20F2N6OS/c1-19-15(25)21-9-11(22-18)8-20-10-6-12(16)14(13(17)7-10)23-2-4-24-5-3-23/h6-8H,2-5,9,18H2,1H3,(H2,19,21,25). The lowest BCUT2D eigenvalue weighted by Crippen LogP contribution is -2.37. The molecule has 0 spiro atoms. The molecule has 0 unspecified atom stereocenters. The summed E-state index contributed by atoms with van der Waals surface area (Å²) >= 11 is 4.93. The summed E-state index contributed by atoms with van der Waals surface area (Å²) < 4.78 is 33.8. The van der Waals surface area contributed by atoms with E-state index < -0.39 is 11.6 Å². The quantitative estimate of drug-likeness (QED) is 0.309. The maximum atomic E-state index is 14.3. The van der Waals surface area contributed by atoms with Crippen molar-refractivity contribution in [3.63, 3.8) is 0 Å². The van der Waals surface area contributed by atoms with Crippen LogP contribution >= 0.6 is 12.2 Å². The fourth-order valence-electron chi connectivity index (χ4n) is 2.25. The zero-order valence-corrected chi connectivity index (χ0v) is 14.6. The monoisotopic (exact) mass is 370 g/mol. The zero-order chi connectivity index (χ0) is 18.2. The summed E-state index contributed by atoms with van der Waals surface area (Å²) in [6, 6.07) is 2.34. The number of hydrazone groups is 1. The fraction of sp³-hybridized carbons (Fsp3) is 0.400. The van der Waals surface area contributed by atoms with Gasteiger partial charge in [0.25, 0.3) is 0 Å². The van der Waals surface area contributed by atoms with Gasteiger partial charge in [0.15, 0.2) is 16.7 Å². The number of rotatable bonds is 5. The molecule has 25 heavy (non-hydrogen) atoms. The molecule has 0 radical (unpaired) electrons. The summed E-state index contributed by atoms with van der Waals surface area (Å²) in [5.41, 5.74) is 0.441. The molecule has 0 atom stereocenters. The molecule has 2 rings (SSSR count). The first-order valence-electron chi connectivity index (χ1n) is 7.63. The smallest absolute Gasteiger partial charge is 0.166 e. The van der Waals surface area contributed by atoms with Crippen molar-refractivity contribution in [1.82, 2.24) is 10.6 Å². The number of anilines is 1. The molecule has 0 saturated carbocycles. The summed E-state index contributed by atoms with van der Waals surface area (Å²) in [5.74, 6) is 3.93. The molecule has 4 N–H and O–H groups in total. The Hall–Kier alpha value is -2.33. The summed E-state index contributed by atoms with van der Waals surface area (Å²) in [6.45, 7) is 2.00. The second-order valence-corrected chi connectivity index (χ2v) is 5.58. The number of morpholine rings is 1. The maximum absolute atomic E-state index is 14.3. The normalized spacial score (nSPS) is 15.5. The third-order valence-corrected chi connectivity index (χ3v) is 3.86. The number of nitrogens with one attached hydrogen (secondary N) is 2. The summed E-state index contributed by atoms with van der Waals surface area (Å²) in [7, 11) is 1.67. The predicted molar refractivity (Wildman–Crippen MR) is 98.8 cm³/mol. The van der Waals surface area contributed by atoms with Crippen LogP contribution < -0.4 is 21.4 Å². The average Bonchev–Trinajstić information content (AvgIpc) is 2.62. The largest absolute Gasteiger partial charge is 0.378 e. The van der Waals surface area contributed by atoms with E-state index in [1.807, 2.05) is 0 Å². The van der Waals surface area contributed by atoms with Crippen LogP contribution in [-0.2, 0) is 4.74 Å². The van der Waals surface area contributed by atoms with Crippen LogP contribution in [0.1, 0.15) is 0 Å². The van der Waals surface area contributed by atoms with Crippen LogP contribution in [0.4, 0.5) is 20.2 Å². The lowest BCUT2D eigenvalue weighted by Gasteiger charge is -2.29. The molecule has 1 aliphatic heterocycles. The van der Waals surface area contributed by atoms with Crippen LogP contribution in [0, 0.1) is 11.6 Å². The Morgan fingerprint density at radius 3 is 2.56 bits per heavy atom. The number of hydrogen-bond donors (Lipinski definition) is 3. The highest BCUT2D eigenvalue weighted by Gasteiger charge is 2.20. The molecule has 1 fully saturated rings. The first-order valence-corrected chi connectivity index (χ1v) is 8.04. The SMILES string of the molecule is CNC(=S)NCC(C=Nc1cc(F)c(N2CCOCC2)c(F)c1)=NN. The Morgan fingerprint density at radius 2 is 2.00 bits per heavy atom. The fourth-order valence-corrected chi connectivity index (χ4v) is 2.32. The minimum Gasteiger partial charge on any atom is -0.378 e. The van der Waals surface area contributed by atoms with Crippen molar-refractivity contribution in [2.45, 2.75) is 0 Å². The number of benzene rings is 1. The van der Waals surface area contributed by atoms with E-state index in [1.54, 1.807) is 11.9 Å². The van der Waals surface area contributed by atoms with Crippen molar-refractivity contribution in [1.29, 1.82) is 0 Å². The molecule has 0 aliphatic carbocycles. The van der Waals surface area contributed by atoms with E-state index in [4.69, 9.17) is 22.8 Å². The van der Waals surface area contributed by atoms with Crippen LogP contribution in [-0.4, -0.2) is 56.9 Å². The van der Waals surface area contributed by atoms with Crippen molar-refractivity contribution < 1.29 is 13.5 Å². The molecule has 10 heteroatoms. The van der Waals surface area contributed by atoms with Gasteiger partial charge in [0.05, 0.1) is 37.4 Å². The van der Waals surface area contributed by atoms with Gasteiger partial charge in [-0.05, 0) is 12.2 Å². The number of nitrogens with zero attached hydrogens (tertiary/aromatic N) is 3. The van der Waals surface area contributed by atoms with Crippen molar-refractivity contribution in [3.8, 4) is 0 Å². The van der Waals surface area contributed by atoms with E-state index in [2.05, 4.69) is 20.7 Å². The van der Waals surface area contributed by atoms with Gasteiger partial charge in [0.1, 0.15) is 5.69 Å². The average molecular weight is 370 g/mol. The summed E-state index contributed by atoms with van der Waals surface area (Å²) in [6.07, 6.45) is 1.33. The molecule has 1 heterocycles. The van der Waals surface area contributed by atoms with Gasteiger partial charge >= 0.3 is 0 Å². The van der Waals surface area contributed by atoms with Crippen LogP contribution in [0.2, 0.25) is 0 Å². The van der Waals surface area contributed by atoms with Crippen molar-refractivity contribution in [2.24, 2.45) is 15.9 Å². The van der Waals surface area contributed by atoms with E-state index in [9.17, 15) is 8.78 Å². The maximum Gasteiger partial charge on any atom is 0.166 e. The number of aliphatic imine (C=N–C) groups is 1. The van der Waals surface area contributed by atoms with E-state index in [0.717, 1.165) is 0 Å². The highest BCUT2D eigenvalue weighted by molar-refractivity contribution is 7.80. The highest BCUT2D eigenvalue weighted by Crippen LogP contribution is 2.28. The number of hydrogen-bond acceptors (Lipinski definition) is 6. The van der Waals surface area contributed by atoms with Gasteiger partial charge in [-0.25, -0.2) is 8.78 Å². The summed E-state index contributed by atoms with van der Waals surface area (Å²) in [4.78, 5) is 5.65. The molecule has 0 amide bonds. The van der Waals surface area contributed by atoms with Crippen LogP contribution in [0.3, 0.4) is 0 Å². The molecule has 1 saturated heterocycles. The van der Waals surface area contributed by atoms with Gasteiger partial charge < -0.3 is 26.1 Å². The van der Waals surface area contributed by atoms with Crippen molar-refractivity contribution in [2.75, 3.05) is 44.8 Å². The Kier molecular flexibility index (Phi) is 7.02. The molecule has 1 aromatic rings. The van der Waals surface area contributed by atoms with Gasteiger partial charge in [-0.1, -0.05) is 0 Å². The Labute approximate surface area is 149 Å². The van der Waals surface area contributed by atoms with E-state index >= 15 is 0 Å². The van der Waals surface area contributed by atoms with Gasteiger partial charge in [0.2, 0.25) is 0 Å². The molecular formula is C15H20F2N6OS. The van der Waals surface area contributed by atoms with Gasteiger partial charge in [-0.2, -0.15) is 5.10 Å². The minimum absolute atomic E-state index is 0.0593. The third-order valence-electron chi connectivity index (χ3n) is 3.51. The van der Waals surface area contributed by atoms with Gasteiger partial charge in [-0.15, -0.1) is 0 Å². The Morgan fingerprint density at radius 1 is 1.36 bits per heavy atom. The molecule has 1 aliphatic rings. The number of thiocarbonyl (C=S) groups is 1. The van der Waals surface area contributed by atoms with E-state index in [1.165, 1.54) is 18.3 Å². The first kappa shape index (κ1) is 19.0. The van der Waals surface area contributed by atoms with E-state index in [0.29, 0.717) is 37.1 Å². The third kappa shape index (κ3) is 5.33. The first-order chi connectivity index (χ1) is 12.0. The number of ether oxygens (including phenoxy) is 1. The van der Waals surface area contributed by atoms with Crippen LogP contribution in [0.25, 0.3) is 0 Å². The molecule has 1 aromatic carbocycles. The minimum atomic E-state index is -0.672. The van der Waals surface area contributed by atoms with Crippen molar-refractivity contribution >= 4 is 40.6 Å². The van der Waals surface area contributed by atoms with Crippen LogP contribution in [0.15, 0.2) is 22.2 Å². The zero-order valence-electron chi connectivity index (χ0n) is 13.8. The number of nitrogens with two attached hydrogens (primary N) is 1. The lowest BCUT2D eigenvalue weighted by atomic mass is 10.2. The summed E-state index contributed by atoms with van der Waals surface area (Å²) in [5, 5.41) is 9.56. The topological polar surface area (TPSA) is 87.3 Å². The van der Waals surface area contributed by atoms with Crippen molar-refractivity contribution in [3.05, 3.63) is 23.8 Å². The van der Waals surface area contributed by atoms with E-state index in [-0.39, 0.29) is 17.9 Å². The van der Waals surface area contributed by atoms with Crippen LogP contribution in [0.5, 0.6) is 0 Å². The van der Waals surface area contributed by atoms with Gasteiger partial charge in [0, 0.05) is 32.3 Å². The Balaban J connectivity index is 2.10. The predicted octanol–water partition coefficient (Wildman–Crippen LogP) is 0.912. The molecule has 7 nitrogen and oxygen atoms in total. The molecular weight excluding hydrogens is 350 g/mol. The molecule has 136 valence electrons. The Bertz CT molecular complexity index is 653. The lowest BCUT2D eigenvalue weighted by molar-refractivity contribution is 0.122. The highest BCUT2D eigenvalue weighted by atomic mass is 32.1.